The van der Waals surface area contributed by atoms with Gasteiger partial charge in [0.15, 0.2) is 4.90 Å². The predicted octanol–water partition coefficient (Wildman–Crippen LogP) is -1.01. The third-order valence-electron chi connectivity index (χ3n) is 3.73. The molecule has 0 bridgehead atoms. The molecule has 0 unspecified atom stereocenters. The highest BCUT2D eigenvalue weighted by Crippen LogP contribution is 2.47. The number of aliphatic hydroxyl groups excluding tert-OH is 3. The van der Waals surface area contributed by atoms with E-state index in [-0.39, 0.29) is 6.07 Å². The molecule has 0 aliphatic carbocycles. The van der Waals surface area contributed by atoms with Crippen molar-refractivity contribution in [3.63, 3.8) is 0 Å². The molecule has 0 amide bonds. The molecule has 30 heavy (non-hydrogen) atoms. The van der Waals surface area contributed by atoms with Gasteiger partial charge in [-0.2, -0.15) is 8.42 Å². The molecule has 3 N–H and O–H groups in total. The third-order valence-corrected chi connectivity index (χ3v) is 5.01. The molecule has 0 spiro atoms. The van der Waals surface area contributed by atoms with Crippen LogP contribution in [-0.4, -0.2) is 69.9 Å². The van der Waals surface area contributed by atoms with Gasteiger partial charge in [-0.15, -0.1) is 0 Å². The lowest BCUT2D eigenvalue weighted by atomic mass is 9.93. The number of nitro benzene ring substituents is 4. The maximum Gasteiger partial charge on any atom is 0.431 e. The van der Waals surface area contributed by atoms with Crippen molar-refractivity contribution in [3.05, 3.63) is 46.5 Å². The van der Waals surface area contributed by atoms with Gasteiger partial charge in [0.1, 0.15) is 0 Å². The molecular weight excluding hydrogens is 444 g/mol. The molecule has 166 valence electrons. The summed E-state index contributed by atoms with van der Waals surface area (Å²) in [6.45, 7) is -4.29. The van der Waals surface area contributed by atoms with Crippen LogP contribution >= 0.6 is 0 Å². The average molecular weight is 456 g/mol. The molecule has 1 aromatic carbocycles. The second-order valence-corrected chi connectivity index (χ2v) is 7.24. The summed E-state index contributed by atoms with van der Waals surface area (Å²) >= 11 is 0. The number of benzene rings is 1. The van der Waals surface area contributed by atoms with E-state index in [9.17, 15) is 48.9 Å². The van der Waals surface area contributed by atoms with E-state index in [1.165, 1.54) is 0 Å². The summed E-state index contributed by atoms with van der Waals surface area (Å²) in [5.41, 5.74) is -9.68. The molecule has 0 fully saturated rings. The standard InChI is InChI=1S/C11H12N4O14S/c16-2-11(3-17,4-18)5-29-30(27,28)7-1-6(12(19)20)8(13(21)22)10(15(25)26)9(7)14(23)24/h1,16-18H,2-5H2. The fourth-order valence-corrected chi connectivity index (χ4v) is 3.22. The van der Waals surface area contributed by atoms with Gasteiger partial charge in [0.25, 0.3) is 0 Å². The molecule has 0 aliphatic heterocycles. The molecule has 0 aliphatic rings. The van der Waals surface area contributed by atoms with Crippen LogP contribution in [0.1, 0.15) is 0 Å². The minimum atomic E-state index is -5.46. The van der Waals surface area contributed by atoms with E-state index in [0.717, 1.165) is 0 Å². The monoisotopic (exact) mass is 456 g/mol. The number of nitrogens with zero attached hydrogens (tertiary/aromatic N) is 4. The van der Waals surface area contributed by atoms with E-state index >= 15 is 0 Å². The summed E-state index contributed by atoms with van der Waals surface area (Å²) < 4.78 is 29.2. The highest BCUT2D eigenvalue weighted by atomic mass is 32.2. The third kappa shape index (κ3) is 4.60. The van der Waals surface area contributed by atoms with Gasteiger partial charge < -0.3 is 15.3 Å². The summed E-state index contributed by atoms with van der Waals surface area (Å²) in [4.78, 5) is 36.3. The molecule has 0 radical (unpaired) electrons. The number of aliphatic hydroxyl groups is 3. The zero-order chi connectivity index (χ0) is 23.4. The Labute approximate surface area is 164 Å². The molecule has 1 aromatic rings. The van der Waals surface area contributed by atoms with Gasteiger partial charge >= 0.3 is 32.9 Å². The van der Waals surface area contributed by atoms with Crippen molar-refractivity contribution in [2.45, 2.75) is 4.90 Å². The summed E-state index contributed by atoms with van der Waals surface area (Å²) in [6, 6.07) is -0.156. The van der Waals surface area contributed by atoms with Gasteiger partial charge in [-0.1, -0.05) is 0 Å². The first-order valence-electron chi connectivity index (χ1n) is 7.29. The maximum atomic E-state index is 12.4. The van der Waals surface area contributed by atoms with E-state index in [0.29, 0.717) is 0 Å². The quantitative estimate of drug-likeness (QED) is 0.204. The topological polar surface area (TPSA) is 277 Å². The minimum Gasteiger partial charge on any atom is -0.396 e. The number of rotatable bonds is 11. The smallest absolute Gasteiger partial charge is 0.396 e. The zero-order valence-electron chi connectivity index (χ0n) is 14.4. The summed E-state index contributed by atoms with van der Waals surface area (Å²) in [5, 5.41) is 72.1. The second kappa shape index (κ2) is 8.96. The molecule has 0 atom stereocenters. The van der Waals surface area contributed by atoms with E-state index < -0.39 is 89.3 Å². The molecule has 0 saturated heterocycles. The Bertz CT molecular complexity index is 993. The molecule has 0 heterocycles. The lowest BCUT2D eigenvalue weighted by Crippen LogP contribution is -2.39. The normalized spacial score (nSPS) is 11.8. The second-order valence-electron chi connectivity index (χ2n) is 5.66. The lowest BCUT2D eigenvalue weighted by molar-refractivity contribution is -0.453. The molecule has 0 aromatic heterocycles. The van der Waals surface area contributed by atoms with Crippen LogP contribution in [0.15, 0.2) is 11.0 Å². The Morgan fingerprint density at radius 2 is 1.23 bits per heavy atom. The van der Waals surface area contributed by atoms with Crippen molar-refractivity contribution in [1.82, 2.24) is 0 Å². The molecule has 19 heteroatoms. The van der Waals surface area contributed by atoms with Gasteiger partial charge in [0.05, 0.1) is 57.6 Å². The number of nitro groups is 4. The lowest BCUT2D eigenvalue weighted by Gasteiger charge is -2.26. The van der Waals surface area contributed by atoms with Crippen LogP contribution in [0.2, 0.25) is 0 Å². The van der Waals surface area contributed by atoms with Crippen molar-refractivity contribution in [1.29, 1.82) is 0 Å². The first-order valence-corrected chi connectivity index (χ1v) is 8.70. The van der Waals surface area contributed by atoms with E-state index in [2.05, 4.69) is 4.18 Å². The van der Waals surface area contributed by atoms with Crippen molar-refractivity contribution in [3.8, 4) is 0 Å². The van der Waals surface area contributed by atoms with Crippen LogP contribution < -0.4 is 0 Å². The Hall–Kier alpha value is -3.39. The highest BCUT2D eigenvalue weighted by molar-refractivity contribution is 7.87. The van der Waals surface area contributed by atoms with Crippen LogP contribution in [0.3, 0.4) is 0 Å². The van der Waals surface area contributed by atoms with Crippen LogP contribution in [0, 0.1) is 45.9 Å². The summed E-state index contributed by atoms with van der Waals surface area (Å²) in [5.74, 6) is 0. The summed E-state index contributed by atoms with van der Waals surface area (Å²) in [7, 11) is -5.46. The largest absolute Gasteiger partial charge is 0.431 e. The Kier molecular flexibility index (Phi) is 7.36. The number of hydrogen-bond donors (Lipinski definition) is 3. The van der Waals surface area contributed by atoms with Crippen LogP contribution in [0.25, 0.3) is 0 Å². The van der Waals surface area contributed by atoms with Crippen LogP contribution in [0.5, 0.6) is 0 Å². The first kappa shape index (κ1) is 24.6. The van der Waals surface area contributed by atoms with Crippen molar-refractivity contribution < 1.29 is 47.6 Å². The Morgan fingerprint density at radius 3 is 1.57 bits per heavy atom. The maximum absolute atomic E-state index is 12.4. The van der Waals surface area contributed by atoms with Gasteiger partial charge in [-0.3, -0.25) is 44.6 Å². The molecule has 18 nitrogen and oxygen atoms in total. The number of hydrogen-bond acceptors (Lipinski definition) is 14. The molecule has 1 rings (SSSR count). The SMILES string of the molecule is O=[N+]([O-])c1cc(S(=O)(=O)OCC(CO)(CO)CO)c([N+](=O)[O-])c([N+](=O)[O-])c1[N+](=O)[O-]. The van der Waals surface area contributed by atoms with Gasteiger partial charge in [0.2, 0.25) is 0 Å². The molecular formula is C11H12N4O14S. The minimum absolute atomic E-state index is 0.156. The van der Waals surface area contributed by atoms with Crippen LogP contribution in [0.4, 0.5) is 22.7 Å². The zero-order valence-corrected chi connectivity index (χ0v) is 15.3. The Morgan fingerprint density at radius 1 is 0.800 bits per heavy atom. The van der Waals surface area contributed by atoms with Gasteiger partial charge in [-0.05, 0) is 0 Å². The van der Waals surface area contributed by atoms with E-state index in [1.807, 2.05) is 0 Å². The van der Waals surface area contributed by atoms with Crippen molar-refractivity contribution >= 4 is 32.9 Å². The summed E-state index contributed by atoms with van der Waals surface area (Å²) in [6.07, 6.45) is 0. The first-order chi connectivity index (χ1) is 13.8. The Balaban J connectivity index is 3.89. The van der Waals surface area contributed by atoms with Crippen LogP contribution in [-0.2, 0) is 14.3 Å². The average Bonchev–Trinajstić information content (AvgIpc) is 2.67. The highest BCUT2D eigenvalue weighted by Gasteiger charge is 2.50. The fraction of sp³-hybridized carbons (Fsp3) is 0.455. The van der Waals surface area contributed by atoms with Crippen molar-refractivity contribution in [2.75, 3.05) is 26.4 Å². The van der Waals surface area contributed by atoms with Crippen molar-refractivity contribution in [2.24, 2.45) is 5.41 Å². The van der Waals surface area contributed by atoms with E-state index in [1.54, 1.807) is 0 Å². The van der Waals surface area contributed by atoms with Gasteiger partial charge in [0, 0.05) is 0 Å². The van der Waals surface area contributed by atoms with E-state index in [4.69, 9.17) is 15.3 Å². The predicted molar refractivity (Wildman–Crippen MR) is 89.9 cm³/mol. The molecule has 0 saturated carbocycles. The van der Waals surface area contributed by atoms with Gasteiger partial charge in [-0.25, -0.2) is 0 Å². The fourth-order valence-electron chi connectivity index (χ4n) is 2.02.